The molecule has 10 heteroatoms. The van der Waals surface area contributed by atoms with Crippen LogP contribution in [0, 0.1) is 0 Å². The van der Waals surface area contributed by atoms with Crippen molar-refractivity contribution >= 4 is 34.4 Å². The van der Waals surface area contributed by atoms with Crippen molar-refractivity contribution < 1.29 is 29.3 Å². The van der Waals surface area contributed by atoms with Gasteiger partial charge in [-0.1, -0.05) is 35.9 Å². The summed E-state index contributed by atoms with van der Waals surface area (Å²) in [5.41, 5.74) is 2.63. The standard InChI is InChI=1S/C31H32ClN3O6/c1-2-40-30(38)18-35-31(39)22-8-11-26-27(16-22)33-13-12-29(26)41-25-9-6-20(7-10-25)14-24(19-36)34-17-28(37)21-4-3-5-23(32)15-21/h3-13,15-16,24,28,34,36-37H,2,14,17-19H2,1H3,(H,35,39)/t24-,28+/m0/s1. The van der Waals surface area contributed by atoms with Crippen LogP contribution in [0.2, 0.25) is 5.02 Å². The molecular weight excluding hydrogens is 546 g/mol. The Labute approximate surface area is 243 Å². The van der Waals surface area contributed by atoms with Crippen molar-refractivity contribution in [3.05, 3.63) is 101 Å². The summed E-state index contributed by atoms with van der Waals surface area (Å²) in [6.45, 7) is 1.92. The molecule has 214 valence electrons. The lowest BCUT2D eigenvalue weighted by Crippen LogP contribution is -2.37. The van der Waals surface area contributed by atoms with Gasteiger partial charge < -0.3 is 30.3 Å². The third-order valence-electron chi connectivity index (χ3n) is 6.35. The van der Waals surface area contributed by atoms with Gasteiger partial charge in [-0.15, -0.1) is 0 Å². The van der Waals surface area contributed by atoms with Crippen molar-refractivity contribution in [1.29, 1.82) is 0 Å². The first kappa shape index (κ1) is 30.0. The maximum absolute atomic E-state index is 12.4. The fraction of sp³-hybridized carbons (Fsp3) is 0.258. The zero-order chi connectivity index (χ0) is 29.2. The lowest BCUT2D eigenvalue weighted by Gasteiger charge is -2.19. The van der Waals surface area contributed by atoms with Crippen LogP contribution < -0.4 is 15.4 Å². The SMILES string of the molecule is CCOC(=O)CNC(=O)c1ccc2c(Oc3ccc(C[C@@H](CO)NC[C@@H](O)c4cccc(Cl)c4)cc3)ccnc2c1. The molecule has 0 aliphatic heterocycles. The zero-order valence-corrected chi connectivity index (χ0v) is 23.3. The van der Waals surface area contributed by atoms with Crippen LogP contribution in [-0.4, -0.2) is 59.4 Å². The number of pyridine rings is 1. The van der Waals surface area contributed by atoms with E-state index in [1.165, 1.54) is 0 Å². The molecule has 3 aromatic carbocycles. The smallest absolute Gasteiger partial charge is 0.325 e. The molecule has 1 heterocycles. The minimum Gasteiger partial charge on any atom is -0.465 e. The molecule has 0 aliphatic carbocycles. The van der Waals surface area contributed by atoms with E-state index < -0.39 is 18.0 Å². The summed E-state index contributed by atoms with van der Waals surface area (Å²) < 4.78 is 10.9. The third-order valence-corrected chi connectivity index (χ3v) is 6.59. The average molecular weight is 578 g/mol. The molecule has 9 nitrogen and oxygen atoms in total. The Balaban J connectivity index is 1.35. The van der Waals surface area contributed by atoms with Crippen molar-refractivity contribution in [2.24, 2.45) is 0 Å². The molecule has 0 saturated heterocycles. The van der Waals surface area contributed by atoms with Gasteiger partial charge in [-0.25, -0.2) is 0 Å². The van der Waals surface area contributed by atoms with Gasteiger partial charge in [0.1, 0.15) is 18.0 Å². The van der Waals surface area contributed by atoms with Crippen LogP contribution >= 0.6 is 11.6 Å². The molecule has 0 aliphatic rings. The minimum absolute atomic E-state index is 0.0909. The van der Waals surface area contributed by atoms with Crippen LogP contribution in [-0.2, 0) is 16.0 Å². The predicted octanol–water partition coefficient (Wildman–Crippen LogP) is 4.20. The lowest BCUT2D eigenvalue weighted by molar-refractivity contribution is -0.141. The Morgan fingerprint density at radius 2 is 1.85 bits per heavy atom. The largest absolute Gasteiger partial charge is 0.465 e. The van der Waals surface area contributed by atoms with E-state index in [0.29, 0.717) is 39.6 Å². The van der Waals surface area contributed by atoms with Crippen molar-refractivity contribution in [1.82, 2.24) is 15.6 Å². The number of carbonyl (C=O) groups excluding carboxylic acids is 2. The molecule has 0 bridgehead atoms. The average Bonchev–Trinajstić information content (AvgIpc) is 2.98. The summed E-state index contributed by atoms with van der Waals surface area (Å²) >= 11 is 6.01. The van der Waals surface area contributed by atoms with E-state index in [4.69, 9.17) is 21.1 Å². The van der Waals surface area contributed by atoms with Gasteiger partial charge in [0, 0.05) is 34.8 Å². The number of hydrogen-bond acceptors (Lipinski definition) is 8. The predicted molar refractivity (Wildman–Crippen MR) is 156 cm³/mol. The normalized spacial score (nSPS) is 12.5. The molecular formula is C31H32ClN3O6. The van der Waals surface area contributed by atoms with Gasteiger partial charge in [0.05, 0.1) is 24.8 Å². The Morgan fingerprint density at radius 3 is 2.59 bits per heavy atom. The van der Waals surface area contributed by atoms with Gasteiger partial charge in [0.25, 0.3) is 5.91 Å². The van der Waals surface area contributed by atoms with Crippen LogP contribution in [0.25, 0.3) is 10.9 Å². The molecule has 0 unspecified atom stereocenters. The van der Waals surface area contributed by atoms with Gasteiger partial charge in [-0.2, -0.15) is 0 Å². The quantitative estimate of drug-likeness (QED) is 0.174. The second-order valence-corrected chi connectivity index (χ2v) is 9.77. The summed E-state index contributed by atoms with van der Waals surface area (Å²) in [6, 6.07) is 21.1. The number of aliphatic hydroxyl groups is 2. The molecule has 1 amide bonds. The van der Waals surface area contributed by atoms with Gasteiger partial charge in [0.2, 0.25) is 0 Å². The number of nitrogens with one attached hydrogen (secondary N) is 2. The molecule has 4 N–H and O–H groups in total. The monoisotopic (exact) mass is 577 g/mol. The number of carbonyl (C=O) groups is 2. The topological polar surface area (TPSA) is 130 Å². The van der Waals surface area contributed by atoms with Crippen molar-refractivity contribution in [2.45, 2.75) is 25.5 Å². The highest BCUT2D eigenvalue weighted by molar-refractivity contribution is 6.30. The van der Waals surface area contributed by atoms with Crippen LogP contribution in [0.4, 0.5) is 0 Å². The van der Waals surface area contributed by atoms with E-state index in [1.807, 2.05) is 24.3 Å². The lowest BCUT2D eigenvalue weighted by atomic mass is 10.0. The summed E-state index contributed by atoms with van der Waals surface area (Å²) in [6.07, 6.45) is 1.41. The molecule has 0 radical (unpaired) electrons. The molecule has 4 rings (SSSR count). The van der Waals surface area contributed by atoms with Gasteiger partial charge in [-0.05, 0) is 73.0 Å². The Kier molecular flexibility index (Phi) is 10.6. The second-order valence-electron chi connectivity index (χ2n) is 9.34. The van der Waals surface area contributed by atoms with Crippen molar-refractivity contribution in [2.75, 3.05) is 26.3 Å². The third kappa shape index (κ3) is 8.48. The molecule has 0 saturated carbocycles. The number of rotatable bonds is 13. The first-order valence-corrected chi connectivity index (χ1v) is 13.6. The van der Waals surface area contributed by atoms with Gasteiger partial charge in [-0.3, -0.25) is 14.6 Å². The Morgan fingerprint density at radius 1 is 1.05 bits per heavy atom. The number of aliphatic hydroxyl groups excluding tert-OH is 2. The zero-order valence-electron chi connectivity index (χ0n) is 22.5. The number of hydrogen-bond donors (Lipinski definition) is 4. The van der Waals surface area contributed by atoms with Crippen LogP contribution in [0.3, 0.4) is 0 Å². The summed E-state index contributed by atoms with van der Waals surface area (Å²) in [5.74, 6) is 0.282. The molecule has 2 atom stereocenters. The van der Waals surface area contributed by atoms with Crippen LogP contribution in [0.5, 0.6) is 11.5 Å². The number of benzene rings is 3. The number of nitrogens with zero attached hydrogens (tertiary/aromatic N) is 1. The maximum atomic E-state index is 12.4. The summed E-state index contributed by atoms with van der Waals surface area (Å²) in [5, 5.41) is 27.3. The van der Waals surface area contributed by atoms with Crippen LogP contribution in [0.1, 0.15) is 34.5 Å². The first-order chi connectivity index (χ1) is 19.9. The fourth-order valence-electron chi connectivity index (χ4n) is 4.23. The van der Waals surface area contributed by atoms with E-state index in [2.05, 4.69) is 15.6 Å². The molecule has 0 fully saturated rings. The fourth-order valence-corrected chi connectivity index (χ4v) is 4.43. The molecule has 0 spiro atoms. The van der Waals surface area contributed by atoms with E-state index in [-0.39, 0.29) is 32.3 Å². The number of aromatic nitrogens is 1. The number of halogens is 1. The van der Waals surface area contributed by atoms with Crippen LogP contribution in [0.15, 0.2) is 79.0 Å². The van der Waals surface area contributed by atoms with Crippen molar-refractivity contribution in [3.8, 4) is 11.5 Å². The maximum Gasteiger partial charge on any atom is 0.325 e. The Hall–Kier alpha value is -4.02. The second kappa shape index (κ2) is 14.6. The molecule has 1 aromatic heterocycles. The van der Waals surface area contributed by atoms with Gasteiger partial charge in [0.15, 0.2) is 0 Å². The molecule has 4 aromatic rings. The van der Waals surface area contributed by atoms with E-state index in [0.717, 1.165) is 10.9 Å². The number of fused-ring (bicyclic) bond motifs is 1. The highest BCUT2D eigenvalue weighted by atomic mass is 35.5. The van der Waals surface area contributed by atoms with Gasteiger partial charge >= 0.3 is 5.97 Å². The first-order valence-electron chi connectivity index (χ1n) is 13.2. The van der Waals surface area contributed by atoms with E-state index >= 15 is 0 Å². The summed E-state index contributed by atoms with van der Waals surface area (Å²) in [7, 11) is 0. The molecule has 41 heavy (non-hydrogen) atoms. The highest BCUT2D eigenvalue weighted by Gasteiger charge is 2.14. The van der Waals surface area contributed by atoms with E-state index in [1.54, 1.807) is 61.7 Å². The Bertz CT molecular complexity index is 1480. The highest BCUT2D eigenvalue weighted by Crippen LogP contribution is 2.29. The number of amides is 1. The summed E-state index contributed by atoms with van der Waals surface area (Å²) in [4.78, 5) is 28.3. The minimum atomic E-state index is -0.747. The number of esters is 1. The van der Waals surface area contributed by atoms with Crippen molar-refractivity contribution in [3.63, 3.8) is 0 Å². The van der Waals surface area contributed by atoms with E-state index in [9.17, 15) is 19.8 Å². The number of ether oxygens (including phenoxy) is 2.